The third-order valence-electron chi connectivity index (χ3n) is 2.43. The first-order valence-corrected chi connectivity index (χ1v) is 6.16. The van der Waals surface area contributed by atoms with Gasteiger partial charge in [-0.1, -0.05) is 13.3 Å². The number of carbonyl (C=O) groups excluding carboxylic acids is 1. The average molecular weight is 245 g/mol. The Labute approximate surface area is 104 Å². The second-order valence-corrected chi connectivity index (χ2v) is 5.26. The molecular weight excluding hydrogens is 218 g/mol. The minimum atomic E-state index is -0.909. The Balaban J connectivity index is 3.90. The lowest BCUT2D eigenvalue weighted by Gasteiger charge is -2.27. The quantitative estimate of drug-likeness (QED) is 0.559. The standard InChI is InChI=1S/C12H27N3O2/c1-5-6-10(13)7-11(16)14-8-12(2,17)9-15(3)4/h10,17H,5-9,13H2,1-4H3,(H,14,16). The summed E-state index contributed by atoms with van der Waals surface area (Å²) < 4.78 is 0. The molecule has 0 aromatic heterocycles. The fraction of sp³-hybridized carbons (Fsp3) is 0.917. The number of likely N-dealkylation sites (N-methyl/N-ethyl adjacent to an activating group) is 1. The number of hydrogen-bond donors (Lipinski definition) is 3. The normalized spacial score (nSPS) is 16.6. The van der Waals surface area contributed by atoms with Gasteiger partial charge in [0.2, 0.25) is 5.91 Å². The van der Waals surface area contributed by atoms with Crippen molar-refractivity contribution in [1.29, 1.82) is 0 Å². The maximum Gasteiger partial charge on any atom is 0.221 e. The maximum atomic E-state index is 11.5. The molecule has 4 N–H and O–H groups in total. The van der Waals surface area contributed by atoms with Crippen LogP contribution in [0, 0.1) is 0 Å². The maximum absolute atomic E-state index is 11.5. The Morgan fingerprint density at radius 2 is 2.12 bits per heavy atom. The van der Waals surface area contributed by atoms with Gasteiger partial charge in [0.25, 0.3) is 0 Å². The molecule has 0 bridgehead atoms. The van der Waals surface area contributed by atoms with E-state index in [1.54, 1.807) is 6.92 Å². The zero-order chi connectivity index (χ0) is 13.5. The molecule has 5 heteroatoms. The Kier molecular flexibility index (Phi) is 7.34. The van der Waals surface area contributed by atoms with E-state index in [0.717, 1.165) is 12.8 Å². The Bertz CT molecular complexity index is 230. The Morgan fingerprint density at radius 3 is 2.59 bits per heavy atom. The van der Waals surface area contributed by atoms with Crippen LogP contribution < -0.4 is 11.1 Å². The molecule has 0 aliphatic heterocycles. The summed E-state index contributed by atoms with van der Waals surface area (Å²) in [7, 11) is 3.76. The molecule has 0 aromatic carbocycles. The highest BCUT2D eigenvalue weighted by atomic mass is 16.3. The van der Waals surface area contributed by atoms with Crippen LogP contribution in [0.25, 0.3) is 0 Å². The molecule has 0 rings (SSSR count). The second-order valence-electron chi connectivity index (χ2n) is 5.26. The van der Waals surface area contributed by atoms with Gasteiger partial charge in [0.1, 0.15) is 0 Å². The summed E-state index contributed by atoms with van der Waals surface area (Å²) >= 11 is 0. The molecule has 0 radical (unpaired) electrons. The number of nitrogens with one attached hydrogen (secondary N) is 1. The molecule has 2 unspecified atom stereocenters. The summed E-state index contributed by atoms with van der Waals surface area (Å²) in [5, 5.41) is 12.7. The summed E-state index contributed by atoms with van der Waals surface area (Å²) in [4.78, 5) is 13.4. The fourth-order valence-electron chi connectivity index (χ4n) is 1.81. The van der Waals surface area contributed by atoms with Crippen LogP contribution >= 0.6 is 0 Å². The van der Waals surface area contributed by atoms with E-state index in [-0.39, 0.29) is 18.5 Å². The predicted octanol–water partition coefficient (Wildman–Crippen LogP) is -0.0673. The number of nitrogens with two attached hydrogens (primary N) is 1. The lowest BCUT2D eigenvalue weighted by atomic mass is 10.1. The average Bonchev–Trinajstić information content (AvgIpc) is 2.13. The van der Waals surface area contributed by atoms with E-state index in [2.05, 4.69) is 5.32 Å². The highest BCUT2D eigenvalue weighted by Gasteiger charge is 2.22. The summed E-state index contributed by atoms with van der Waals surface area (Å²) in [6.07, 6.45) is 2.15. The van der Waals surface area contributed by atoms with Gasteiger partial charge in [-0.3, -0.25) is 4.79 Å². The summed E-state index contributed by atoms with van der Waals surface area (Å²) in [6, 6.07) is -0.0844. The topological polar surface area (TPSA) is 78.6 Å². The third-order valence-corrected chi connectivity index (χ3v) is 2.43. The van der Waals surface area contributed by atoms with Gasteiger partial charge in [-0.2, -0.15) is 0 Å². The van der Waals surface area contributed by atoms with Gasteiger partial charge in [-0.25, -0.2) is 0 Å². The fourth-order valence-corrected chi connectivity index (χ4v) is 1.81. The van der Waals surface area contributed by atoms with Gasteiger partial charge < -0.3 is 21.1 Å². The van der Waals surface area contributed by atoms with Crippen LogP contribution in [0.3, 0.4) is 0 Å². The number of rotatable bonds is 8. The first-order valence-electron chi connectivity index (χ1n) is 6.16. The smallest absolute Gasteiger partial charge is 0.221 e. The van der Waals surface area contributed by atoms with Crippen molar-refractivity contribution in [2.24, 2.45) is 5.73 Å². The number of nitrogens with zero attached hydrogens (tertiary/aromatic N) is 1. The van der Waals surface area contributed by atoms with E-state index < -0.39 is 5.60 Å². The largest absolute Gasteiger partial charge is 0.387 e. The van der Waals surface area contributed by atoms with Crippen LogP contribution in [-0.2, 0) is 4.79 Å². The predicted molar refractivity (Wildman–Crippen MR) is 69.7 cm³/mol. The molecule has 0 fully saturated rings. The third kappa shape index (κ3) is 9.09. The van der Waals surface area contributed by atoms with Gasteiger partial charge in [0, 0.05) is 25.6 Å². The van der Waals surface area contributed by atoms with Gasteiger partial charge in [0.15, 0.2) is 0 Å². The van der Waals surface area contributed by atoms with Crippen molar-refractivity contribution in [1.82, 2.24) is 10.2 Å². The molecular formula is C12H27N3O2. The molecule has 0 saturated heterocycles. The minimum absolute atomic E-state index is 0.0844. The van der Waals surface area contributed by atoms with Crippen molar-refractivity contribution in [3.63, 3.8) is 0 Å². The SMILES string of the molecule is CCCC(N)CC(=O)NCC(C)(O)CN(C)C. The van der Waals surface area contributed by atoms with Crippen molar-refractivity contribution in [2.75, 3.05) is 27.2 Å². The van der Waals surface area contributed by atoms with E-state index in [9.17, 15) is 9.90 Å². The second kappa shape index (κ2) is 7.63. The molecule has 0 aromatic rings. The van der Waals surface area contributed by atoms with Gasteiger partial charge >= 0.3 is 0 Å². The van der Waals surface area contributed by atoms with E-state index in [4.69, 9.17) is 5.73 Å². The molecule has 0 aliphatic rings. The molecule has 0 spiro atoms. The molecule has 17 heavy (non-hydrogen) atoms. The van der Waals surface area contributed by atoms with E-state index in [1.807, 2.05) is 25.9 Å². The van der Waals surface area contributed by atoms with Crippen LogP contribution in [-0.4, -0.2) is 54.7 Å². The first kappa shape index (κ1) is 16.4. The zero-order valence-corrected chi connectivity index (χ0v) is 11.5. The van der Waals surface area contributed by atoms with Crippen LogP contribution in [0.4, 0.5) is 0 Å². The van der Waals surface area contributed by atoms with Gasteiger partial charge in [0.05, 0.1) is 5.60 Å². The van der Waals surface area contributed by atoms with Crippen LogP contribution in [0.2, 0.25) is 0 Å². The van der Waals surface area contributed by atoms with Crippen molar-refractivity contribution in [3.8, 4) is 0 Å². The molecule has 102 valence electrons. The lowest BCUT2D eigenvalue weighted by molar-refractivity contribution is -0.122. The van der Waals surface area contributed by atoms with Crippen molar-refractivity contribution >= 4 is 5.91 Å². The number of hydrogen-bond acceptors (Lipinski definition) is 4. The lowest BCUT2D eigenvalue weighted by Crippen LogP contribution is -2.47. The molecule has 1 amide bonds. The molecule has 2 atom stereocenters. The van der Waals surface area contributed by atoms with Crippen LogP contribution in [0.15, 0.2) is 0 Å². The van der Waals surface area contributed by atoms with E-state index in [0.29, 0.717) is 13.0 Å². The molecule has 0 heterocycles. The minimum Gasteiger partial charge on any atom is -0.387 e. The number of aliphatic hydroxyl groups is 1. The molecule has 0 saturated carbocycles. The molecule has 5 nitrogen and oxygen atoms in total. The highest BCUT2D eigenvalue weighted by Crippen LogP contribution is 2.03. The zero-order valence-electron chi connectivity index (χ0n) is 11.5. The van der Waals surface area contributed by atoms with E-state index >= 15 is 0 Å². The van der Waals surface area contributed by atoms with Gasteiger partial charge in [-0.15, -0.1) is 0 Å². The highest BCUT2D eigenvalue weighted by molar-refractivity contribution is 5.76. The monoisotopic (exact) mass is 245 g/mol. The van der Waals surface area contributed by atoms with Crippen LogP contribution in [0.5, 0.6) is 0 Å². The Hall–Kier alpha value is -0.650. The van der Waals surface area contributed by atoms with Crippen molar-refractivity contribution < 1.29 is 9.90 Å². The Morgan fingerprint density at radius 1 is 1.53 bits per heavy atom. The van der Waals surface area contributed by atoms with Crippen molar-refractivity contribution in [2.45, 2.75) is 44.8 Å². The number of carbonyl (C=O) groups is 1. The number of amides is 1. The van der Waals surface area contributed by atoms with Crippen molar-refractivity contribution in [3.05, 3.63) is 0 Å². The van der Waals surface area contributed by atoms with E-state index in [1.165, 1.54) is 0 Å². The summed E-state index contributed by atoms with van der Waals surface area (Å²) in [5.41, 5.74) is 4.86. The van der Waals surface area contributed by atoms with Crippen LogP contribution in [0.1, 0.15) is 33.1 Å². The first-order chi connectivity index (χ1) is 7.76. The summed E-state index contributed by atoms with van der Waals surface area (Å²) in [6.45, 7) is 4.51. The van der Waals surface area contributed by atoms with Gasteiger partial charge in [-0.05, 0) is 27.4 Å². The molecule has 0 aliphatic carbocycles. The summed E-state index contributed by atoms with van der Waals surface area (Å²) in [5.74, 6) is -0.0926.